The number of allylic oxidation sites excluding steroid dienone is 1. The Kier molecular flexibility index (Phi) is 7.29. The van der Waals surface area contributed by atoms with Crippen molar-refractivity contribution in [1.82, 2.24) is 4.90 Å². The largest absolute Gasteiger partial charge is 0.458 e. The van der Waals surface area contributed by atoms with Gasteiger partial charge in [-0.2, -0.15) is 0 Å². The molecule has 0 bridgehead atoms. The van der Waals surface area contributed by atoms with Crippen LogP contribution in [0.15, 0.2) is 22.9 Å². The van der Waals surface area contributed by atoms with Crippen LogP contribution in [0.4, 0.5) is 0 Å². The second-order valence-electron chi connectivity index (χ2n) is 12.6. The maximum Gasteiger partial charge on any atom is 0.336 e. The first-order valence-corrected chi connectivity index (χ1v) is 14.3. The maximum absolute atomic E-state index is 14.1. The number of ketones is 2. The van der Waals surface area contributed by atoms with Crippen LogP contribution in [0, 0.1) is 22.7 Å². The van der Waals surface area contributed by atoms with Gasteiger partial charge in [-0.3, -0.25) is 14.4 Å². The summed E-state index contributed by atoms with van der Waals surface area (Å²) in [6, 6.07) is 0.232. The molecule has 4 aliphatic carbocycles. The van der Waals surface area contributed by atoms with E-state index >= 15 is 0 Å². The molecule has 0 aromatic carbocycles. The lowest BCUT2D eigenvalue weighted by Crippen LogP contribution is -2.63. The molecule has 1 heterocycles. The van der Waals surface area contributed by atoms with Crippen LogP contribution in [0.1, 0.15) is 72.1 Å². The molecule has 0 aromatic heterocycles. The standard InChI is InChI=1S/C30H41NO8/c1-16(32)38-20-13-29(2)19(11-12-21(29)33)23-25(20)30(3)22(15-37-5)39-28(36)18(24(30)27(35)26(23)34)14-31(4)17-9-7-6-8-10-17/h14,17,19-22,24,33H,6-13,15H2,1-5H3/t19?,20-,21+,22-,24?,29+,30+/m1/s1. The van der Waals surface area contributed by atoms with Gasteiger partial charge in [0.1, 0.15) is 12.2 Å². The van der Waals surface area contributed by atoms with Gasteiger partial charge in [-0.05, 0) is 43.6 Å². The summed E-state index contributed by atoms with van der Waals surface area (Å²) in [6.07, 6.45) is 6.01. The van der Waals surface area contributed by atoms with Gasteiger partial charge in [0.05, 0.1) is 24.2 Å². The number of Topliss-reactive ketones (excluding diaryl/α,β-unsaturated/α-hetero) is 2. The highest BCUT2D eigenvalue weighted by Crippen LogP contribution is 2.63. The molecule has 9 nitrogen and oxygen atoms in total. The topological polar surface area (TPSA) is 119 Å². The van der Waals surface area contributed by atoms with Crippen LogP contribution in [0.25, 0.3) is 0 Å². The lowest BCUT2D eigenvalue weighted by Gasteiger charge is -2.56. The summed E-state index contributed by atoms with van der Waals surface area (Å²) >= 11 is 0. The summed E-state index contributed by atoms with van der Waals surface area (Å²) in [5.41, 5.74) is -0.860. The van der Waals surface area contributed by atoms with Crippen LogP contribution < -0.4 is 0 Å². The molecule has 1 aliphatic heterocycles. The first kappa shape index (κ1) is 28.0. The predicted octanol–water partition coefficient (Wildman–Crippen LogP) is 2.89. The fourth-order valence-corrected chi connectivity index (χ4v) is 8.30. The average molecular weight is 544 g/mol. The molecule has 9 heteroatoms. The Balaban J connectivity index is 1.70. The fraction of sp³-hybridized carbons (Fsp3) is 0.733. The van der Waals surface area contributed by atoms with E-state index in [9.17, 15) is 24.3 Å². The van der Waals surface area contributed by atoms with Crippen molar-refractivity contribution in [2.75, 3.05) is 20.8 Å². The summed E-state index contributed by atoms with van der Waals surface area (Å²) in [6.45, 7) is 5.07. The lowest BCUT2D eigenvalue weighted by atomic mass is 9.50. The van der Waals surface area contributed by atoms with Crippen LogP contribution in [-0.2, 0) is 33.4 Å². The number of aliphatic hydroxyl groups excluding tert-OH is 1. The van der Waals surface area contributed by atoms with Gasteiger partial charge in [0.15, 0.2) is 0 Å². The minimum Gasteiger partial charge on any atom is -0.458 e. The van der Waals surface area contributed by atoms with E-state index in [-0.39, 0.29) is 24.1 Å². The highest BCUT2D eigenvalue weighted by Gasteiger charge is 2.67. The second kappa shape index (κ2) is 10.1. The van der Waals surface area contributed by atoms with Gasteiger partial charge in [-0.15, -0.1) is 0 Å². The first-order valence-electron chi connectivity index (χ1n) is 14.3. The van der Waals surface area contributed by atoms with Crippen LogP contribution in [0.5, 0.6) is 0 Å². The number of hydrogen-bond donors (Lipinski definition) is 1. The van der Waals surface area contributed by atoms with Crippen molar-refractivity contribution in [3.63, 3.8) is 0 Å². The van der Waals surface area contributed by atoms with Crippen LogP contribution in [-0.4, -0.2) is 78.6 Å². The number of rotatable bonds is 5. The Bertz CT molecular complexity index is 1140. The minimum atomic E-state index is -1.17. The van der Waals surface area contributed by atoms with Gasteiger partial charge in [0, 0.05) is 49.7 Å². The van der Waals surface area contributed by atoms with Crippen molar-refractivity contribution in [2.24, 2.45) is 22.7 Å². The summed E-state index contributed by atoms with van der Waals surface area (Å²) in [5.74, 6) is -3.90. The average Bonchev–Trinajstić information content (AvgIpc) is 3.18. The van der Waals surface area contributed by atoms with Gasteiger partial charge < -0.3 is 24.2 Å². The molecular weight excluding hydrogens is 502 g/mol. The Morgan fingerprint density at radius 1 is 1.13 bits per heavy atom. The van der Waals surface area contributed by atoms with E-state index in [1.807, 2.05) is 25.8 Å². The highest BCUT2D eigenvalue weighted by atomic mass is 16.6. The third kappa shape index (κ3) is 4.27. The van der Waals surface area contributed by atoms with Crippen LogP contribution >= 0.6 is 0 Å². The van der Waals surface area contributed by atoms with E-state index in [0.29, 0.717) is 30.4 Å². The number of ether oxygens (including phenoxy) is 3. The third-order valence-corrected chi connectivity index (χ3v) is 10.4. The molecule has 1 saturated heterocycles. The fourth-order valence-electron chi connectivity index (χ4n) is 8.30. The number of cyclic esters (lactones) is 1. The summed E-state index contributed by atoms with van der Waals surface area (Å²) in [7, 11) is 3.40. The number of carbonyl (C=O) groups is 4. The van der Waals surface area contributed by atoms with Gasteiger partial charge in [-0.1, -0.05) is 33.1 Å². The van der Waals surface area contributed by atoms with Crippen molar-refractivity contribution >= 4 is 23.5 Å². The minimum absolute atomic E-state index is 0.0140. The van der Waals surface area contributed by atoms with Crippen molar-refractivity contribution in [1.29, 1.82) is 0 Å². The number of fused-ring (bicyclic) bond motifs is 4. The zero-order chi connectivity index (χ0) is 28.3. The van der Waals surface area contributed by atoms with E-state index in [1.54, 1.807) is 6.20 Å². The molecule has 39 heavy (non-hydrogen) atoms. The van der Waals surface area contributed by atoms with Gasteiger partial charge in [0.25, 0.3) is 0 Å². The number of esters is 2. The number of aliphatic hydroxyl groups is 1. The Morgan fingerprint density at radius 3 is 2.46 bits per heavy atom. The normalized spacial score (nSPS) is 39.7. The van der Waals surface area contributed by atoms with Gasteiger partial charge in [-0.25, -0.2) is 4.79 Å². The SMILES string of the molecule is COC[C@H]1OC(=O)C(=CN(C)C2CCCCC2)C2C(=O)C(=O)C3=C([C@H](OC(C)=O)C[C@@]4(C)C3CC[C@@H]4O)[C@]21C. The number of carbonyl (C=O) groups excluding carboxylic acids is 4. The van der Waals surface area contributed by atoms with Crippen LogP contribution in [0.3, 0.4) is 0 Å². The number of hydrogen-bond acceptors (Lipinski definition) is 9. The smallest absolute Gasteiger partial charge is 0.336 e. The van der Waals surface area contributed by atoms with E-state index < -0.39 is 58.6 Å². The van der Waals surface area contributed by atoms with Gasteiger partial charge in [0.2, 0.25) is 11.6 Å². The van der Waals surface area contributed by atoms with Crippen molar-refractivity contribution in [3.05, 3.63) is 22.9 Å². The monoisotopic (exact) mass is 543 g/mol. The van der Waals surface area contributed by atoms with Crippen molar-refractivity contribution < 1.29 is 38.5 Å². The molecule has 2 unspecified atom stereocenters. The molecule has 0 aromatic rings. The Hall–Kier alpha value is -2.52. The molecule has 214 valence electrons. The summed E-state index contributed by atoms with van der Waals surface area (Å²) < 4.78 is 17.3. The second-order valence-corrected chi connectivity index (χ2v) is 12.6. The van der Waals surface area contributed by atoms with E-state index in [4.69, 9.17) is 14.2 Å². The molecule has 7 atom stereocenters. The van der Waals surface area contributed by atoms with E-state index in [2.05, 4.69) is 0 Å². The summed E-state index contributed by atoms with van der Waals surface area (Å²) in [5, 5.41) is 10.9. The molecular formula is C30H41NO8. The Labute approximate surface area is 229 Å². The van der Waals surface area contributed by atoms with E-state index in [1.165, 1.54) is 20.5 Å². The van der Waals surface area contributed by atoms with Crippen molar-refractivity contribution in [2.45, 2.75) is 96.5 Å². The molecule has 2 saturated carbocycles. The van der Waals surface area contributed by atoms with Gasteiger partial charge >= 0.3 is 11.9 Å². The molecule has 0 amide bonds. The Morgan fingerprint density at radius 2 is 1.82 bits per heavy atom. The zero-order valence-electron chi connectivity index (χ0n) is 23.7. The van der Waals surface area contributed by atoms with E-state index in [0.717, 1.165) is 25.7 Å². The first-order chi connectivity index (χ1) is 18.4. The molecule has 3 fully saturated rings. The van der Waals surface area contributed by atoms with Crippen LogP contribution in [0.2, 0.25) is 0 Å². The quantitative estimate of drug-likeness (QED) is 0.317. The molecule has 0 radical (unpaired) electrons. The predicted molar refractivity (Wildman–Crippen MR) is 140 cm³/mol. The number of nitrogens with zero attached hydrogens (tertiary/aromatic N) is 1. The van der Waals surface area contributed by atoms with Crippen molar-refractivity contribution in [3.8, 4) is 0 Å². The number of methoxy groups -OCH3 is 1. The summed E-state index contributed by atoms with van der Waals surface area (Å²) in [4.78, 5) is 55.9. The molecule has 5 rings (SSSR count). The lowest BCUT2D eigenvalue weighted by molar-refractivity contribution is -0.175. The molecule has 1 N–H and O–H groups in total. The molecule has 0 spiro atoms. The maximum atomic E-state index is 14.1. The zero-order valence-corrected chi connectivity index (χ0v) is 23.7. The molecule has 5 aliphatic rings. The third-order valence-electron chi connectivity index (χ3n) is 10.4. The highest BCUT2D eigenvalue weighted by molar-refractivity contribution is 6.47.